The normalized spacial score (nSPS) is 10.7. The number of benzene rings is 2. The van der Waals surface area contributed by atoms with E-state index in [1.54, 1.807) is 0 Å². The Hall–Kier alpha value is -3.22. The fourth-order valence-corrected chi connectivity index (χ4v) is 2.53. The maximum Gasteiger partial charge on any atom is 0.269 e. The van der Waals surface area contributed by atoms with E-state index in [0.29, 0.717) is 11.5 Å². The van der Waals surface area contributed by atoms with Gasteiger partial charge in [-0.3, -0.25) is 20.2 Å². The molecule has 1 aromatic heterocycles. The number of aryl methyl sites for hydroxylation is 1. The van der Waals surface area contributed by atoms with Crippen LogP contribution in [0.15, 0.2) is 48.5 Å². The van der Waals surface area contributed by atoms with E-state index in [0.717, 1.165) is 24.0 Å². The minimum Gasteiger partial charge on any atom is -0.310 e. The van der Waals surface area contributed by atoms with Crippen molar-refractivity contribution in [3.05, 3.63) is 64.2 Å². The SMILES string of the molecule is CCCn1c(NC(=O)c2ccc([N+](=O)[O-])cc2)nc2ccccc21. The molecule has 1 N–H and O–H groups in total. The van der Waals surface area contributed by atoms with Gasteiger partial charge in [0.15, 0.2) is 0 Å². The van der Waals surface area contributed by atoms with Gasteiger partial charge < -0.3 is 4.57 Å². The predicted molar refractivity (Wildman–Crippen MR) is 91.1 cm³/mol. The zero-order valence-corrected chi connectivity index (χ0v) is 13.1. The number of carbonyl (C=O) groups excluding carboxylic acids is 1. The van der Waals surface area contributed by atoms with Crippen molar-refractivity contribution in [1.82, 2.24) is 9.55 Å². The third-order valence-electron chi connectivity index (χ3n) is 3.67. The molecule has 3 aromatic rings. The van der Waals surface area contributed by atoms with E-state index in [-0.39, 0.29) is 11.6 Å². The van der Waals surface area contributed by atoms with Crippen LogP contribution in [-0.4, -0.2) is 20.4 Å². The van der Waals surface area contributed by atoms with Crippen LogP contribution >= 0.6 is 0 Å². The standard InChI is InChI=1S/C17H16N4O3/c1-2-11-20-15-6-4-3-5-14(15)18-17(20)19-16(22)12-7-9-13(10-8-12)21(23)24/h3-10H,2,11H2,1H3,(H,18,19,22). The predicted octanol–water partition coefficient (Wildman–Crippen LogP) is 3.61. The summed E-state index contributed by atoms with van der Waals surface area (Å²) in [6, 6.07) is 13.2. The minimum absolute atomic E-state index is 0.0511. The molecule has 0 radical (unpaired) electrons. The highest BCUT2D eigenvalue weighted by atomic mass is 16.6. The van der Waals surface area contributed by atoms with Crippen LogP contribution in [0.4, 0.5) is 11.6 Å². The van der Waals surface area contributed by atoms with Crippen molar-refractivity contribution in [3.8, 4) is 0 Å². The molecule has 0 aliphatic carbocycles. The number of nitrogens with one attached hydrogen (secondary N) is 1. The summed E-state index contributed by atoms with van der Waals surface area (Å²) in [7, 11) is 0. The van der Waals surface area contributed by atoms with E-state index in [1.165, 1.54) is 24.3 Å². The van der Waals surface area contributed by atoms with E-state index >= 15 is 0 Å². The molecule has 0 aliphatic rings. The Bertz CT molecular complexity index is 900. The molecular weight excluding hydrogens is 308 g/mol. The lowest BCUT2D eigenvalue weighted by molar-refractivity contribution is -0.384. The largest absolute Gasteiger partial charge is 0.310 e. The number of nitrogens with zero attached hydrogens (tertiary/aromatic N) is 3. The Kier molecular flexibility index (Phi) is 4.24. The quantitative estimate of drug-likeness (QED) is 0.573. The summed E-state index contributed by atoms with van der Waals surface area (Å²) in [4.78, 5) is 27.0. The first kappa shape index (κ1) is 15.7. The molecular formula is C17H16N4O3. The number of para-hydroxylation sites is 2. The molecule has 0 saturated carbocycles. The lowest BCUT2D eigenvalue weighted by Crippen LogP contribution is -2.16. The molecule has 0 bridgehead atoms. The first-order valence-corrected chi connectivity index (χ1v) is 7.61. The number of hydrogen-bond acceptors (Lipinski definition) is 4. The van der Waals surface area contributed by atoms with E-state index in [1.807, 2.05) is 28.8 Å². The average Bonchev–Trinajstić information content (AvgIpc) is 2.93. The van der Waals surface area contributed by atoms with E-state index < -0.39 is 4.92 Å². The van der Waals surface area contributed by atoms with Gasteiger partial charge in [-0.05, 0) is 30.7 Å². The van der Waals surface area contributed by atoms with Crippen molar-refractivity contribution in [1.29, 1.82) is 0 Å². The molecule has 24 heavy (non-hydrogen) atoms. The Balaban J connectivity index is 1.89. The molecule has 0 saturated heterocycles. The van der Waals surface area contributed by atoms with Crippen LogP contribution in [0, 0.1) is 10.1 Å². The fraction of sp³-hybridized carbons (Fsp3) is 0.176. The second-order valence-corrected chi connectivity index (χ2v) is 5.33. The molecule has 0 atom stereocenters. The smallest absolute Gasteiger partial charge is 0.269 e. The topological polar surface area (TPSA) is 90.1 Å². The Morgan fingerprint density at radius 2 is 1.92 bits per heavy atom. The molecule has 1 heterocycles. The Labute approximate surface area is 138 Å². The minimum atomic E-state index is -0.498. The third kappa shape index (κ3) is 2.96. The van der Waals surface area contributed by atoms with Crippen LogP contribution in [-0.2, 0) is 6.54 Å². The summed E-state index contributed by atoms with van der Waals surface area (Å²) in [6.07, 6.45) is 0.904. The highest BCUT2D eigenvalue weighted by Gasteiger charge is 2.14. The van der Waals surface area contributed by atoms with Gasteiger partial charge in [-0.15, -0.1) is 0 Å². The highest BCUT2D eigenvalue weighted by Crippen LogP contribution is 2.21. The number of non-ortho nitro benzene ring substituents is 1. The van der Waals surface area contributed by atoms with Crippen LogP contribution in [0.2, 0.25) is 0 Å². The second kappa shape index (κ2) is 6.49. The number of amides is 1. The van der Waals surface area contributed by atoms with Crippen molar-refractivity contribution in [2.24, 2.45) is 0 Å². The maximum atomic E-state index is 12.4. The molecule has 1 amide bonds. The highest BCUT2D eigenvalue weighted by molar-refractivity contribution is 6.04. The van der Waals surface area contributed by atoms with Crippen LogP contribution in [0.25, 0.3) is 11.0 Å². The van der Waals surface area contributed by atoms with Crippen LogP contribution < -0.4 is 5.32 Å². The van der Waals surface area contributed by atoms with Gasteiger partial charge in [0.05, 0.1) is 16.0 Å². The van der Waals surface area contributed by atoms with Crippen LogP contribution in [0.1, 0.15) is 23.7 Å². The summed E-state index contributed by atoms with van der Waals surface area (Å²) >= 11 is 0. The van der Waals surface area contributed by atoms with Crippen molar-refractivity contribution in [3.63, 3.8) is 0 Å². The number of nitro benzene ring substituents is 1. The lowest BCUT2D eigenvalue weighted by Gasteiger charge is -2.08. The van der Waals surface area contributed by atoms with Gasteiger partial charge in [0.2, 0.25) is 5.95 Å². The molecule has 0 spiro atoms. The summed E-state index contributed by atoms with van der Waals surface area (Å²) in [6.45, 7) is 2.78. The van der Waals surface area contributed by atoms with Gasteiger partial charge >= 0.3 is 0 Å². The third-order valence-corrected chi connectivity index (χ3v) is 3.67. The van der Waals surface area contributed by atoms with Crippen LogP contribution in [0.5, 0.6) is 0 Å². The van der Waals surface area contributed by atoms with Crippen LogP contribution in [0.3, 0.4) is 0 Å². The number of fused-ring (bicyclic) bond motifs is 1. The van der Waals surface area contributed by atoms with E-state index in [2.05, 4.69) is 17.2 Å². The Morgan fingerprint density at radius 3 is 2.58 bits per heavy atom. The van der Waals surface area contributed by atoms with Gasteiger partial charge in [-0.1, -0.05) is 19.1 Å². The Morgan fingerprint density at radius 1 is 1.21 bits per heavy atom. The summed E-state index contributed by atoms with van der Waals surface area (Å²) in [5.74, 6) is 0.124. The van der Waals surface area contributed by atoms with Gasteiger partial charge in [-0.25, -0.2) is 4.98 Å². The van der Waals surface area contributed by atoms with Crippen molar-refractivity contribution in [2.75, 3.05) is 5.32 Å². The zero-order chi connectivity index (χ0) is 17.1. The number of aromatic nitrogens is 2. The van der Waals surface area contributed by atoms with Crippen molar-refractivity contribution >= 4 is 28.6 Å². The number of carbonyl (C=O) groups is 1. The number of imidazole rings is 1. The van der Waals surface area contributed by atoms with Gasteiger partial charge in [-0.2, -0.15) is 0 Å². The number of rotatable bonds is 5. The molecule has 2 aromatic carbocycles. The molecule has 0 aliphatic heterocycles. The van der Waals surface area contributed by atoms with Gasteiger partial charge in [0.1, 0.15) is 0 Å². The molecule has 0 unspecified atom stereocenters. The van der Waals surface area contributed by atoms with Gasteiger partial charge in [0.25, 0.3) is 11.6 Å². The van der Waals surface area contributed by atoms with Crippen molar-refractivity contribution < 1.29 is 9.72 Å². The number of anilines is 1. The number of hydrogen-bond donors (Lipinski definition) is 1. The zero-order valence-electron chi connectivity index (χ0n) is 13.1. The number of nitro groups is 1. The monoisotopic (exact) mass is 324 g/mol. The second-order valence-electron chi connectivity index (χ2n) is 5.33. The fourth-order valence-electron chi connectivity index (χ4n) is 2.53. The summed E-state index contributed by atoms with van der Waals surface area (Å²) < 4.78 is 1.96. The van der Waals surface area contributed by atoms with Crippen molar-refractivity contribution in [2.45, 2.75) is 19.9 Å². The average molecular weight is 324 g/mol. The molecule has 7 heteroatoms. The summed E-state index contributed by atoms with van der Waals surface area (Å²) in [5.41, 5.74) is 2.06. The van der Waals surface area contributed by atoms with Gasteiger partial charge in [0, 0.05) is 24.2 Å². The van der Waals surface area contributed by atoms with E-state index in [9.17, 15) is 14.9 Å². The first-order chi connectivity index (χ1) is 11.6. The summed E-state index contributed by atoms with van der Waals surface area (Å²) in [5, 5.41) is 13.5. The maximum absolute atomic E-state index is 12.4. The first-order valence-electron chi connectivity index (χ1n) is 7.61. The molecule has 0 fully saturated rings. The lowest BCUT2D eigenvalue weighted by atomic mass is 10.2. The molecule has 3 rings (SSSR count). The van der Waals surface area contributed by atoms with E-state index in [4.69, 9.17) is 0 Å². The molecule has 7 nitrogen and oxygen atoms in total. The molecule has 122 valence electrons.